The zero-order chi connectivity index (χ0) is 13.8. The molecular weight excluding hydrogens is 300 g/mol. The number of nitrogens with zero attached hydrogens (tertiary/aromatic N) is 1. The third-order valence-corrected chi connectivity index (χ3v) is 3.85. The Morgan fingerprint density at radius 1 is 1.00 bits per heavy atom. The fraction of sp³-hybridized carbons (Fsp3) is 0.250. The van der Waals surface area contributed by atoms with Gasteiger partial charge in [-0.2, -0.15) is 0 Å². The number of halogens is 1. The second-order valence-corrected chi connectivity index (χ2v) is 5.65. The summed E-state index contributed by atoms with van der Waals surface area (Å²) < 4.78 is 1.14. The van der Waals surface area contributed by atoms with Gasteiger partial charge in [0.25, 0.3) is 0 Å². The first-order chi connectivity index (χ1) is 9.09. The van der Waals surface area contributed by atoms with Gasteiger partial charge in [-0.25, -0.2) is 0 Å². The summed E-state index contributed by atoms with van der Waals surface area (Å²) in [5.74, 6) is 0. The highest BCUT2D eigenvalue weighted by atomic mass is 79.9. The van der Waals surface area contributed by atoms with Crippen LogP contribution in [-0.4, -0.2) is 14.1 Å². The van der Waals surface area contributed by atoms with Crippen LogP contribution < -0.4 is 10.2 Å². The quantitative estimate of drug-likeness (QED) is 0.879. The van der Waals surface area contributed by atoms with E-state index in [1.807, 2.05) is 6.07 Å². The number of hydrogen-bond acceptors (Lipinski definition) is 2. The van der Waals surface area contributed by atoms with Gasteiger partial charge < -0.3 is 10.2 Å². The Morgan fingerprint density at radius 3 is 2.32 bits per heavy atom. The normalized spacial score (nSPS) is 12.0. The summed E-state index contributed by atoms with van der Waals surface area (Å²) >= 11 is 3.61. The van der Waals surface area contributed by atoms with Crippen LogP contribution in [0.5, 0.6) is 0 Å². The topological polar surface area (TPSA) is 15.3 Å². The van der Waals surface area contributed by atoms with E-state index in [4.69, 9.17) is 0 Å². The molecule has 0 aliphatic carbocycles. The highest BCUT2D eigenvalue weighted by Crippen LogP contribution is 2.30. The molecule has 1 unspecified atom stereocenters. The van der Waals surface area contributed by atoms with Crippen LogP contribution in [0.4, 0.5) is 11.4 Å². The van der Waals surface area contributed by atoms with E-state index >= 15 is 0 Å². The van der Waals surface area contributed by atoms with E-state index in [0.717, 1.165) is 10.2 Å². The Hall–Kier alpha value is -1.48. The van der Waals surface area contributed by atoms with Gasteiger partial charge in [0.1, 0.15) is 0 Å². The molecule has 0 amide bonds. The van der Waals surface area contributed by atoms with Crippen molar-refractivity contribution in [2.45, 2.75) is 13.0 Å². The summed E-state index contributed by atoms with van der Waals surface area (Å²) in [6.45, 7) is 2.17. The molecule has 0 saturated heterocycles. The van der Waals surface area contributed by atoms with Crippen LogP contribution in [0.15, 0.2) is 53.0 Å². The lowest BCUT2D eigenvalue weighted by Crippen LogP contribution is -2.14. The number of benzene rings is 2. The number of nitrogens with one attached hydrogen (secondary N) is 1. The van der Waals surface area contributed by atoms with Crippen molar-refractivity contribution in [2.24, 2.45) is 0 Å². The second-order valence-electron chi connectivity index (χ2n) is 4.80. The maximum atomic E-state index is 3.61. The highest BCUT2D eigenvalue weighted by Gasteiger charge is 2.11. The van der Waals surface area contributed by atoms with E-state index in [1.54, 1.807) is 0 Å². The van der Waals surface area contributed by atoms with Crippen LogP contribution in [0.25, 0.3) is 0 Å². The van der Waals surface area contributed by atoms with Gasteiger partial charge in [0.2, 0.25) is 0 Å². The second kappa shape index (κ2) is 6.11. The maximum Gasteiger partial charge on any atom is 0.0596 e. The fourth-order valence-electron chi connectivity index (χ4n) is 2.12. The lowest BCUT2D eigenvalue weighted by Gasteiger charge is -2.22. The molecule has 0 aromatic heterocycles. The first kappa shape index (κ1) is 13.9. The van der Waals surface area contributed by atoms with Crippen molar-refractivity contribution in [3.05, 3.63) is 58.6 Å². The third kappa shape index (κ3) is 3.29. The summed E-state index contributed by atoms with van der Waals surface area (Å²) in [6, 6.07) is 16.9. The Morgan fingerprint density at radius 2 is 1.63 bits per heavy atom. The van der Waals surface area contributed by atoms with E-state index in [0.29, 0.717) is 0 Å². The zero-order valence-corrected chi connectivity index (χ0v) is 13.1. The van der Waals surface area contributed by atoms with Crippen molar-refractivity contribution >= 4 is 27.3 Å². The van der Waals surface area contributed by atoms with Gasteiger partial charge >= 0.3 is 0 Å². The van der Waals surface area contributed by atoms with Gasteiger partial charge in [0.15, 0.2) is 0 Å². The van der Waals surface area contributed by atoms with Crippen molar-refractivity contribution in [1.29, 1.82) is 0 Å². The minimum absolute atomic E-state index is 0.247. The van der Waals surface area contributed by atoms with Crippen molar-refractivity contribution in [3.63, 3.8) is 0 Å². The summed E-state index contributed by atoms with van der Waals surface area (Å²) in [5, 5.41) is 3.58. The van der Waals surface area contributed by atoms with Crippen LogP contribution in [0, 0.1) is 0 Å². The standard InChI is InChI=1S/C16H19BrN2/c1-12(13-8-4-5-9-14(13)17)18-15-10-6-7-11-16(15)19(2)3/h4-12,18H,1-3H3. The minimum atomic E-state index is 0.247. The molecule has 0 aliphatic rings. The predicted molar refractivity (Wildman–Crippen MR) is 86.9 cm³/mol. The molecule has 0 saturated carbocycles. The van der Waals surface area contributed by atoms with E-state index in [9.17, 15) is 0 Å². The molecule has 0 aliphatic heterocycles. The van der Waals surface area contributed by atoms with Crippen molar-refractivity contribution in [1.82, 2.24) is 0 Å². The Kier molecular flexibility index (Phi) is 4.48. The third-order valence-electron chi connectivity index (χ3n) is 3.13. The largest absolute Gasteiger partial charge is 0.377 e. The van der Waals surface area contributed by atoms with Gasteiger partial charge in [-0.1, -0.05) is 46.3 Å². The molecule has 2 nitrogen and oxygen atoms in total. The van der Waals surface area contributed by atoms with Crippen LogP contribution >= 0.6 is 15.9 Å². The molecule has 19 heavy (non-hydrogen) atoms. The molecule has 0 radical (unpaired) electrons. The lowest BCUT2D eigenvalue weighted by molar-refractivity contribution is 0.877. The molecule has 100 valence electrons. The maximum absolute atomic E-state index is 3.61. The smallest absolute Gasteiger partial charge is 0.0596 e. The Balaban J connectivity index is 2.24. The van der Waals surface area contributed by atoms with E-state index < -0.39 is 0 Å². The first-order valence-electron chi connectivity index (χ1n) is 6.37. The van der Waals surface area contributed by atoms with E-state index in [2.05, 4.69) is 89.6 Å². The molecule has 2 aromatic rings. The molecule has 0 spiro atoms. The summed E-state index contributed by atoms with van der Waals surface area (Å²) in [6.07, 6.45) is 0. The molecule has 1 N–H and O–H groups in total. The van der Waals surface area contributed by atoms with Gasteiger partial charge in [0.05, 0.1) is 11.4 Å². The minimum Gasteiger partial charge on any atom is -0.377 e. The number of para-hydroxylation sites is 2. The summed E-state index contributed by atoms with van der Waals surface area (Å²) in [5.41, 5.74) is 3.60. The van der Waals surface area contributed by atoms with Crippen LogP contribution in [0.1, 0.15) is 18.5 Å². The number of hydrogen-bond donors (Lipinski definition) is 1. The number of anilines is 2. The van der Waals surface area contributed by atoms with E-state index in [1.165, 1.54) is 11.3 Å². The van der Waals surface area contributed by atoms with Crippen molar-refractivity contribution < 1.29 is 0 Å². The highest BCUT2D eigenvalue weighted by molar-refractivity contribution is 9.10. The van der Waals surface area contributed by atoms with Gasteiger partial charge in [-0.3, -0.25) is 0 Å². The van der Waals surface area contributed by atoms with Crippen LogP contribution in [0.3, 0.4) is 0 Å². The zero-order valence-electron chi connectivity index (χ0n) is 11.5. The van der Waals surface area contributed by atoms with Gasteiger partial charge in [0, 0.05) is 24.6 Å². The van der Waals surface area contributed by atoms with Crippen molar-refractivity contribution in [3.8, 4) is 0 Å². The predicted octanol–water partition coefficient (Wildman–Crippen LogP) is 4.69. The number of rotatable bonds is 4. The first-order valence-corrected chi connectivity index (χ1v) is 7.16. The van der Waals surface area contributed by atoms with E-state index in [-0.39, 0.29) is 6.04 Å². The summed E-state index contributed by atoms with van der Waals surface area (Å²) in [4.78, 5) is 2.12. The van der Waals surface area contributed by atoms with Crippen LogP contribution in [0.2, 0.25) is 0 Å². The molecule has 0 fully saturated rings. The van der Waals surface area contributed by atoms with Gasteiger partial charge in [-0.15, -0.1) is 0 Å². The fourth-order valence-corrected chi connectivity index (χ4v) is 2.75. The van der Waals surface area contributed by atoms with Crippen molar-refractivity contribution in [2.75, 3.05) is 24.3 Å². The molecular formula is C16H19BrN2. The molecule has 3 heteroatoms. The van der Waals surface area contributed by atoms with Gasteiger partial charge in [-0.05, 0) is 30.7 Å². The molecule has 1 atom stereocenters. The molecule has 0 heterocycles. The molecule has 2 aromatic carbocycles. The van der Waals surface area contributed by atoms with Crippen LogP contribution in [-0.2, 0) is 0 Å². The Bertz CT molecular complexity index is 552. The SMILES string of the molecule is CC(Nc1ccccc1N(C)C)c1ccccc1Br. The molecule has 0 bridgehead atoms. The average Bonchev–Trinajstić information content (AvgIpc) is 2.39. The Labute approximate surface area is 123 Å². The summed E-state index contributed by atoms with van der Waals surface area (Å²) in [7, 11) is 4.12. The monoisotopic (exact) mass is 318 g/mol. The lowest BCUT2D eigenvalue weighted by atomic mass is 10.1. The average molecular weight is 319 g/mol. The molecule has 2 rings (SSSR count).